The summed E-state index contributed by atoms with van der Waals surface area (Å²) in [5.41, 5.74) is 0.691. The van der Waals surface area contributed by atoms with Crippen molar-refractivity contribution >= 4 is 28.3 Å². The van der Waals surface area contributed by atoms with Crippen LogP contribution in [0.25, 0.3) is 10.9 Å². The predicted octanol–water partition coefficient (Wildman–Crippen LogP) is 2.26. The van der Waals surface area contributed by atoms with Crippen LogP contribution in [0.15, 0.2) is 12.1 Å². The standard InChI is InChI=1S/C15H18ClN3O3/c1-21-12-6-10-11(7-13(12)22-2)17-15(16)18-14(10)19-5-3-4-9(19)8-20/h6-7,9,20H,3-5,8H2,1-2H3/t9-/m0/s1. The number of methoxy groups -OCH3 is 2. The van der Waals surface area contributed by atoms with Crippen LogP contribution < -0.4 is 14.4 Å². The summed E-state index contributed by atoms with van der Waals surface area (Å²) in [5.74, 6) is 1.94. The van der Waals surface area contributed by atoms with Crippen LogP contribution in [0, 0.1) is 0 Å². The lowest BCUT2D eigenvalue weighted by atomic mass is 10.2. The fourth-order valence-corrected chi connectivity index (χ4v) is 3.11. The highest BCUT2D eigenvalue weighted by Gasteiger charge is 2.27. The molecule has 0 spiro atoms. The molecule has 1 aromatic carbocycles. The molecule has 0 saturated carbocycles. The average Bonchev–Trinajstić information content (AvgIpc) is 3.01. The van der Waals surface area contributed by atoms with E-state index in [1.54, 1.807) is 20.3 Å². The summed E-state index contributed by atoms with van der Waals surface area (Å²) < 4.78 is 10.7. The Balaban J connectivity index is 2.20. The molecule has 1 aromatic heterocycles. The summed E-state index contributed by atoms with van der Waals surface area (Å²) in [6.45, 7) is 0.929. The van der Waals surface area contributed by atoms with Crippen LogP contribution in [-0.4, -0.2) is 48.5 Å². The molecule has 118 valence electrons. The van der Waals surface area contributed by atoms with Crippen LogP contribution in [0.4, 0.5) is 5.82 Å². The van der Waals surface area contributed by atoms with Crippen molar-refractivity contribution in [3.63, 3.8) is 0 Å². The number of rotatable bonds is 4. The number of aliphatic hydroxyl groups excluding tert-OH is 1. The molecule has 7 heteroatoms. The van der Waals surface area contributed by atoms with E-state index in [1.807, 2.05) is 6.07 Å². The van der Waals surface area contributed by atoms with Crippen molar-refractivity contribution < 1.29 is 14.6 Å². The van der Waals surface area contributed by atoms with Crippen molar-refractivity contribution in [1.29, 1.82) is 0 Å². The lowest BCUT2D eigenvalue weighted by Gasteiger charge is -2.25. The number of anilines is 1. The zero-order chi connectivity index (χ0) is 15.7. The van der Waals surface area contributed by atoms with E-state index in [1.165, 1.54) is 0 Å². The molecule has 1 aliphatic rings. The third-order valence-corrected chi connectivity index (χ3v) is 4.18. The van der Waals surface area contributed by atoms with Gasteiger partial charge in [-0.15, -0.1) is 0 Å². The van der Waals surface area contributed by atoms with E-state index in [4.69, 9.17) is 21.1 Å². The van der Waals surface area contributed by atoms with Crippen molar-refractivity contribution in [1.82, 2.24) is 9.97 Å². The van der Waals surface area contributed by atoms with Gasteiger partial charge in [0.2, 0.25) is 5.28 Å². The Morgan fingerprint density at radius 3 is 2.68 bits per heavy atom. The van der Waals surface area contributed by atoms with Gasteiger partial charge < -0.3 is 19.5 Å². The van der Waals surface area contributed by atoms with Gasteiger partial charge in [-0.05, 0) is 30.5 Å². The fourth-order valence-electron chi connectivity index (χ4n) is 2.94. The molecule has 0 aliphatic carbocycles. The highest BCUT2D eigenvalue weighted by molar-refractivity contribution is 6.28. The van der Waals surface area contributed by atoms with Gasteiger partial charge in [-0.1, -0.05) is 0 Å². The molecule has 0 amide bonds. The molecule has 1 fully saturated rings. The first-order valence-corrected chi connectivity index (χ1v) is 7.52. The molecular formula is C15H18ClN3O3. The van der Waals surface area contributed by atoms with E-state index >= 15 is 0 Å². The van der Waals surface area contributed by atoms with E-state index < -0.39 is 0 Å². The molecular weight excluding hydrogens is 306 g/mol. The smallest absolute Gasteiger partial charge is 0.224 e. The molecule has 1 aliphatic heterocycles. The van der Waals surface area contributed by atoms with Gasteiger partial charge in [-0.25, -0.2) is 4.98 Å². The van der Waals surface area contributed by atoms with Crippen molar-refractivity contribution in [3.05, 3.63) is 17.4 Å². The Kier molecular flexibility index (Phi) is 4.22. The van der Waals surface area contributed by atoms with Crippen LogP contribution in [0.5, 0.6) is 11.5 Å². The van der Waals surface area contributed by atoms with E-state index in [0.29, 0.717) is 17.0 Å². The molecule has 1 N–H and O–H groups in total. The normalized spacial score (nSPS) is 18.0. The summed E-state index contributed by atoms with van der Waals surface area (Å²) in [6.07, 6.45) is 1.95. The summed E-state index contributed by atoms with van der Waals surface area (Å²) in [7, 11) is 3.17. The molecule has 6 nitrogen and oxygen atoms in total. The Labute approximate surface area is 133 Å². The van der Waals surface area contributed by atoms with Gasteiger partial charge in [0.25, 0.3) is 0 Å². The minimum absolute atomic E-state index is 0.0577. The molecule has 2 aromatic rings. The Morgan fingerprint density at radius 1 is 1.27 bits per heavy atom. The Bertz CT molecular complexity index is 695. The number of benzene rings is 1. The van der Waals surface area contributed by atoms with Crippen molar-refractivity contribution in [2.45, 2.75) is 18.9 Å². The Morgan fingerprint density at radius 2 is 2.00 bits per heavy atom. The van der Waals surface area contributed by atoms with Crippen LogP contribution >= 0.6 is 11.6 Å². The molecule has 3 rings (SSSR count). The summed E-state index contributed by atoms with van der Waals surface area (Å²) in [4.78, 5) is 10.7. The van der Waals surface area contributed by atoms with Crippen molar-refractivity contribution in [2.75, 3.05) is 32.3 Å². The maximum atomic E-state index is 9.56. The first kappa shape index (κ1) is 15.1. The van der Waals surface area contributed by atoms with Crippen molar-refractivity contribution in [3.8, 4) is 11.5 Å². The van der Waals surface area contributed by atoms with Gasteiger partial charge in [0, 0.05) is 18.0 Å². The maximum Gasteiger partial charge on any atom is 0.224 e. The third-order valence-electron chi connectivity index (χ3n) is 4.01. The molecule has 22 heavy (non-hydrogen) atoms. The molecule has 1 atom stereocenters. The molecule has 1 saturated heterocycles. The molecule has 2 heterocycles. The number of aromatic nitrogens is 2. The number of fused-ring (bicyclic) bond motifs is 1. The number of hydrogen-bond donors (Lipinski definition) is 1. The summed E-state index contributed by atoms with van der Waals surface area (Å²) >= 11 is 6.08. The fraction of sp³-hybridized carbons (Fsp3) is 0.467. The first-order valence-electron chi connectivity index (χ1n) is 7.14. The van der Waals surface area contributed by atoms with Gasteiger partial charge in [-0.2, -0.15) is 4.98 Å². The quantitative estimate of drug-likeness (QED) is 0.871. The van der Waals surface area contributed by atoms with Crippen LogP contribution in [0.1, 0.15) is 12.8 Å². The number of halogens is 1. The zero-order valence-electron chi connectivity index (χ0n) is 12.5. The SMILES string of the molecule is COc1cc2nc(Cl)nc(N3CCC[C@H]3CO)c2cc1OC. The van der Waals surface area contributed by atoms with Gasteiger partial charge in [0.05, 0.1) is 32.4 Å². The third kappa shape index (κ3) is 2.53. The van der Waals surface area contributed by atoms with Crippen LogP contribution in [0.2, 0.25) is 5.28 Å². The average molecular weight is 324 g/mol. The minimum Gasteiger partial charge on any atom is -0.493 e. The highest BCUT2D eigenvalue weighted by Crippen LogP contribution is 2.37. The van der Waals surface area contributed by atoms with Crippen LogP contribution in [0.3, 0.4) is 0 Å². The largest absolute Gasteiger partial charge is 0.493 e. The number of ether oxygens (including phenoxy) is 2. The van der Waals surface area contributed by atoms with E-state index in [0.717, 1.165) is 30.6 Å². The van der Waals surface area contributed by atoms with Gasteiger partial charge >= 0.3 is 0 Å². The zero-order valence-corrected chi connectivity index (χ0v) is 13.3. The number of hydrogen-bond acceptors (Lipinski definition) is 6. The minimum atomic E-state index is 0.0577. The first-order chi connectivity index (χ1) is 10.7. The van der Waals surface area contributed by atoms with E-state index in [-0.39, 0.29) is 17.9 Å². The molecule has 0 bridgehead atoms. The number of nitrogens with zero attached hydrogens (tertiary/aromatic N) is 3. The summed E-state index contributed by atoms with van der Waals surface area (Å²) in [5, 5.41) is 10.6. The lowest BCUT2D eigenvalue weighted by molar-refractivity contribution is 0.266. The highest BCUT2D eigenvalue weighted by atomic mass is 35.5. The second kappa shape index (κ2) is 6.14. The monoisotopic (exact) mass is 323 g/mol. The summed E-state index contributed by atoms with van der Waals surface area (Å²) in [6, 6.07) is 3.70. The number of aliphatic hydroxyl groups is 1. The predicted molar refractivity (Wildman–Crippen MR) is 85.1 cm³/mol. The second-order valence-corrected chi connectivity index (χ2v) is 5.55. The lowest BCUT2D eigenvalue weighted by Crippen LogP contribution is -2.33. The van der Waals surface area contributed by atoms with Crippen molar-refractivity contribution in [2.24, 2.45) is 0 Å². The van der Waals surface area contributed by atoms with Gasteiger partial charge in [-0.3, -0.25) is 0 Å². The Hall–Kier alpha value is -1.79. The second-order valence-electron chi connectivity index (χ2n) is 5.21. The van der Waals surface area contributed by atoms with Crippen LogP contribution in [-0.2, 0) is 0 Å². The topological polar surface area (TPSA) is 67.7 Å². The molecule has 0 unspecified atom stereocenters. The van der Waals surface area contributed by atoms with Gasteiger partial charge in [0.15, 0.2) is 11.5 Å². The van der Waals surface area contributed by atoms with Gasteiger partial charge in [0.1, 0.15) is 5.82 Å². The van der Waals surface area contributed by atoms with E-state index in [2.05, 4.69) is 14.9 Å². The molecule has 0 radical (unpaired) electrons. The maximum absolute atomic E-state index is 9.56. The van der Waals surface area contributed by atoms with E-state index in [9.17, 15) is 5.11 Å².